The summed E-state index contributed by atoms with van der Waals surface area (Å²) in [7, 11) is 0. The largest absolute Gasteiger partial charge is 0.392 e. The predicted octanol–water partition coefficient (Wildman–Crippen LogP) is 7.20. The molecule has 0 bridgehead atoms. The lowest BCUT2D eigenvalue weighted by Gasteiger charge is -2.39. The number of carbonyl (C=O) groups excluding carboxylic acids is 1. The van der Waals surface area contributed by atoms with E-state index in [0.29, 0.717) is 6.54 Å². The highest BCUT2D eigenvalue weighted by atomic mass is 79.9. The number of aliphatic hydroxyl groups excluding tert-OH is 1. The molecule has 0 aliphatic rings. The zero-order chi connectivity index (χ0) is 26.6. The number of amides is 1. The van der Waals surface area contributed by atoms with Gasteiger partial charge >= 0.3 is 0 Å². The first-order valence-corrected chi connectivity index (χ1v) is 14.8. The summed E-state index contributed by atoms with van der Waals surface area (Å²) < 4.78 is 0. The van der Waals surface area contributed by atoms with Crippen LogP contribution in [0.4, 0.5) is 0 Å². The highest BCUT2D eigenvalue weighted by Crippen LogP contribution is 2.41. The predicted molar refractivity (Wildman–Crippen MR) is 158 cm³/mol. The lowest BCUT2D eigenvalue weighted by molar-refractivity contribution is -0.220. The smallest absolute Gasteiger partial charge is 0.256 e. The molecule has 0 atom stereocenters. The summed E-state index contributed by atoms with van der Waals surface area (Å²) in [6, 6.07) is 37.9. The highest BCUT2D eigenvalue weighted by Gasteiger charge is 2.41. The first-order chi connectivity index (χ1) is 18.7. The third-order valence-corrected chi connectivity index (χ3v) is 7.84. The quantitative estimate of drug-likeness (QED) is 0.0589. The lowest BCUT2D eigenvalue weighted by Crippen LogP contribution is -2.44. The summed E-state index contributed by atoms with van der Waals surface area (Å²) in [5.41, 5.74) is 2.67. The third-order valence-electron chi connectivity index (χ3n) is 6.28. The monoisotopic (exact) mass is 589 g/mol. The van der Waals surface area contributed by atoms with Crippen LogP contribution in [0.2, 0.25) is 0 Å². The molecule has 38 heavy (non-hydrogen) atoms. The Morgan fingerprint density at radius 2 is 1.26 bits per heavy atom. The van der Waals surface area contributed by atoms with Crippen LogP contribution in [0.25, 0.3) is 0 Å². The maximum absolute atomic E-state index is 13.7. The van der Waals surface area contributed by atoms with Gasteiger partial charge in [0.25, 0.3) is 5.91 Å². The van der Waals surface area contributed by atoms with Gasteiger partial charge in [-0.05, 0) is 47.2 Å². The lowest BCUT2D eigenvalue weighted by atomic mass is 9.80. The number of unbranched alkanes of at least 4 members (excludes halogenated alkanes) is 1. The van der Waals surface area contributed by atoms with Gasteiger partial charge in [0.1, 0.15) is 0 Å². The van der Waals surface area contributed by atoms with E-state index in [1.54, 1.807) is 5.06 Å². The molecule has 0 fully saturated rings. The molecule has 4 aromatic carbocycles. The molecule has 0 heterocycles. The molecule has 6 heteroatoms. The number of carbonyl (C=O) groups is 1. The average Bonchev–Trinajstić information content (AvgIpc) is 2.99. The minimum Gasteiger partial charge on any atom is -0.392 e. The standard InChI is InChI=1S/C32H32BrNO3S/c33-22-10-11-23-34(31(36)25-38-30-20-18-26(24-35)19-21-30)37-32(27-12-4-1-5-13-27,28-14-6-2-7-15-28)29-16-8-3-9-17-29/h1-9,12-21,35H,10-11,22-25H2. The summed E-state index contributed by atoms with van der Waals surface area (Å²) in [4.78, 5) is 21.7. The van der Waals surface area contributed by atoms with Crippen molar-refractivity contribution in [1.29, 1.82) is 0 Å². The summed E-state index contributed by atoms with van der Waals surface area (Å²) in [6.45, 7) is 0.475. The number of benzene rings is 4. The Labute approximate surface area is 237 Å². The van der Waals surface area contributed by atoms with E-state index in [2.05, 4.69) is 52.3 Å². The number of rotatable bonds is 13. The molecule has 0 saturated heterocycles. The van der Waals surface area contributed by atoms with Gasteiger partial charge in [0, 0.05) is 16.8 Å². The van der Waals surface area contributed by atoms with Crippen molar-refractivity contribution < 1.29 is 14.7 Å². The highest BCUT2D eigenvalue weighted by molar-refractivity contribution is 9.09. The Hall–Kier alpha value is -2.90. The van der Waals surface area contributed by atoms with E-state index in [-0.39, 0.29) is 18.3 Å². The maximum atomic E-state index is 13.7. The van der Waals surface area contributed by atoms with Gasteiger partial charge in [-0.1, -0.05) is 119 Å². The molecule has 0 radical (unpaired) electrons. The third kappa shape index (κ3) is 6.94. The van der Waals surface area contributed by atoms with E-state index in [1.807, 2.05) is 78.9 Å². The van der Waals surface area contributed by atoms with Gasteiger partial charge in [-0.2, -0.15) is 0 Å². The van der Waals surface area contributed by atoms with E-state index < -0.39 is 5.60 Å². The van der Waals surface area contributed by atoms with E-state index >= 15 is 0 Å². The molecular formula is C32H32BrNO3S. The van der Waals surface area contributed by atoms with E-state index in [9.17, 15) is 9.90 Å². The van der Waals surface area contributed by atoms with Gasteiger partial charge in [0.2, 0.25) is 0 Å². The van der Waals surface area contributed by atoms with Gasteiger partial charge in [-0.3, -0.25) is 4.79 Å². The summed E-state index contributed by atoms with van der Waals surface area (Å²) in [6.07, 6.45) is 1.74. The number of aliphatic hydroxyl groups is 1. The first kappa shape index (κ1) is 28.1. The van der Waals surface area contributed by atoms with Gasteiger partial charge in [0.05, 0.1) is 12.4 Å². The molecular weight excluding hydrogens is 558 g/mol. The normalized spacial score (nSPS) is 11.3. The van der Waals surface area contributed by atoms with Crippen LogP contribution in [0, 0.1) is 0 Å². The molecule has 0 aromatic heterocycles. The molecule has 4 aromatic rings. The molecule has 1 N–H and O–H groups in total. The number of nitrogens with zero attached hydrogens (tertiary/aromatic N) is 1. The molecule has 4 rings (SSSR count). The topological polar surface area (TPSA) is 49.8 Å². The Kier molecular flexibility index (Phi) is 10.6. The average molecular weight is 591 g/mol. The van der Waals surface area contributed by atoms with Crippen LogP contribution in [-0.4, -0.2) is 33.7 Å². The van der Waals surface area contributed by atoms with Crippen molar-refractivity contribution in [3.05, 3.63) is 138 Å². The van der Waals surface area contributed by atoms with E-state index in [0.717, 1.165) is 45.3 Å². The Morgan fingerprint density at radius 3 is 1.71 bits per heavy atom. The van der Waals surface area contributed by atoms with Gasteiger partial charge in [-0.15, -0.1) is 11.8 Å². The second-order valence-electron chi connectivity index (χ2n) is 8.85. The molecule has 0 aliphatic heterocycles. The summed E-state index contributed by atoms with van der Waals surface area (Å²) in [5, 5.41) is 11.7. The van der Waals surface area contributed by atoms with Gasteiger partial charge in [0.15, 0.2) is 5.60 Å². The Morgan fingerprint density at radius 1 is 0.763 bits per heavy atom. The molecule has 1 amide bonds. The van der Waals surface area contributed by atoms with Crippen LogP contribution in [0.3, 0.4) is 0 Å². The van der Waals surface area contributed by atoms with Crippen molar-refractivity contribution in [2.24, 2.45) is 0 Å². The fourth-order valence-corrected chi connectivity index (χ4v) is 5.48. The van der Waals surface area contributed by atoms with Crippen molar-refractivity contribution in [3.8, 4) is 0 Å². The van der Waals surface area contributed by atoms with E-state index in [1.165, 1.54) is 11.8 Å². The van der Waals surface area contributed by atoms with Crippen molar-refractivity contribution in [3.63, 3.8) is 0 Å². The molecule has 0 spiro atoms. The van der Waals surface area contributed by atoms with Crippen molar-refractivity contribution in [1.82, 2.24) is 5.06 Å². The maximum Gasteiger partial charge on any atom is 0.256 e. The Bertz CT molecular complexity index is 1160. The minimum atomic E-state index is -1.01. The molecule has 4 nitrogen and oxygen atoms in total. The fraction of sp³-hybridized carbons (Fsp3) is 0.219. The van der Waals surface area contributed by atoms with Crippen LogP contribution < -0.4 is 0 Å². The van der Waals surface area contributed by atoms with Crippen LogP contribution in [0.1, 0.15) is 35.1 Å². The van der Waals surface area contributed by atoms with Crippen LogP contribution in [0.5, 0.6) is 0 Å². The molecule has 196 valence electrons. The Balaban J connectivity index is 1.72. The molecule has 0 saturated carbocycles. The van der Waals surface area contributed by atoms with Crippen LogP contribution >= 0.6 is 27.7 Å². The number of hydroxylamine groups is 2. The van der Waals surface area contributed by atoms with Crippen LogP contribution in [-0.2, 0) is 21.8 Å². The number of alkyl halides is 1. The number of hydrogen-bond acceptors (Lipinski definition) is 4. The van der Waals surface area contributed by atoms with Crippen molar-refractivity contribution >= 4 is 33.6 Å². The number of thioether (sulfide) groups is 1. The minimum absolute atomic E-state index is 0.000390. The summed E-state index contributed by atoms with van der Waals surface area (Å²) in [5.74, 6) is 0.143. The van der Waals surface area contributed by atoms with Crippen molar-refractivity contribution in [2.75, 3.05) is 17.6 Å². The van der Waals surface area contributed by atoms with Crippen LogP contribution in [0.15, 0.2) is 120 Å². The zero-order valence-corrected chi connectivity index (χ0v) is 23.6. The first-order valence-electron chi connectivity index (χ1n) is 12.7. The number of hydrogen-bond donors (Lipinski definition) is 1. The SMILES string of the molecule is O=C(CSc1ccc(CO)cc1)N(CCCCBr)OC(c1ccccc1)(c1ccccc1)c1ccccc1. The second kappa shape index (κ2) is 14.3. The fourth-order valence-electron chi connectivity index (χ4n) is 4.32. The van der Waals surface area contributed by atoms with Crippen molar-refractivity contribution in [2.45, 2.75) is 29.9 Å². The summed E-state index contributed by atoms with van der Waals surface area (Å²) >= 11 is 4.98. The van der Waals surface area contributed by atoms with E-state index in [4.69, 9.17) is 4.84 Å². The zero-order valence-electron chi connectivity index (χ0n) is 21.2. The van der Waals surface area contributed by atoms with Gasteiger partial charge in [-0.25, -0.2) is 9.90 Å². The number of halogens is 1. The second-order valence-corrected chi connectivity index (χ2v) is 10.7. The molecule has 0 unspecified atom stereocenters. The molecule has 0 aliphatic carbocycles. The van der Waals surface area contributed by atoms with Gasteiger partial charge < -0.3 is 5.11 Å².